The van der Waals surface area contributed by atoms with Crippen molar-refractivity contribution in [1.82, 2.24) is 9.80 Å². The van der Waals surface area contributed by atoms with Crippen molar-refractivity contribution in [1.29, 1.82) is 0 Å². The summed E-state index contributed by atoms with van der Waals surface area (Å²) in [5, 5.41) is 21.0. The summed E-state index contributed by atoms with van der Waals surface area (Å²) >= 11 is 0. The number of benzene rings is 1. The van der Waals surface area contributed by atoms with E-state index in [-0.39, 0.29) is 11.4 Å². The van der Waals surface area contributed by atoms with Gasteiger partial charge in [0.05, 0.1) is 12.0 Å². The maximum absolute atomic E-state index is 11.1. The maximum atomic E-state index is 11.1. The van der Waals surface area contributed by atoms with Gasteiger partial charge in [-0.2, -0.15) is 0 Å². The zero-order valence-electron chi connectivity index (χ0n) is 13.6. The highest BCUT2D eigenvalue weighted by atomic mass is 16.6. The highest BCUT2D eigenvalue weighted by molar-refractivity contribution is 5.57. The molecule has 2 aliphatic rings. The molecule has 0 spiro atoms. The van der Waals surface area contributed by atoms with Crippen molar-refractivity contribution in [3.05, 3.63) is 27.8 Å². The third-order valence-electron chi connectivity index (χ3n) is 5.14. The largest absolute Gasteiger partial charge is 0.500 e. The molecule has 2 atom stereocenters. The van der Waals surface area contributed by atoms with Gasteiger partial charge in [-0.25, -0.2) is 0 Å². The second-order valence-electron chi connectivity index (χ2n) is 6.38. The van der Waals surface area contributed by atoms with Crippen LogP contribution in [0.4, 0.5) is 5.69 Å². The Morgan fingerprint density at radius 3 is 2.87 bits per heavy atom. The molecule has 7 nitrogen and oxygen atoms in total. The number of methoxy groups -OCH3 is 1. The molecule has 2 aliphatic heterocycles. The van der Waals surface area contributed by atoms with Crippen LogP contribution in [0, 0.1) is 10.1 Å². The molecule has 7 heteroatoms. The molecule has 23 heavy (non-hydrogen) atoms. The van der Waals surface area contributed by atoms with Crippen LogP contribution in [0.5, 0.6) is 11.5 Å². The van der Waals surface area contributed by atoms with Gasteiger partial charge < -0.3 is 9.84 Å². The number of nitro benzene ring substituents is 1. The summed E-state index contributed by atoms with van der Waals surface area (Å²) in [5.74, 6) is -0.253. The fourth-order valence-electron chi connectivity index (χ4n) is 3.87. The Balaban J connectivity index is 1.82. The minimum absolute atomic E-state index is 0.154. The number of fused-ring (bicyclic) bond motifs is 1. The zero-order chi connectivity index (χ0) is 16.6. The minimum Gasteiger partial charge on any atom is -0.500 e. The average Bonchev–Trinajstić information content (AvgIpc) is 3.00. The van der Waals surface area contributed by atoms with Crippen LogP contribution >= 0.6 is 0 Å². The van der Waals surface area contributed by atoms with Crippen LogP contribution in [0.3, 0.4) is 0 Å². The van der Waals surface area contributed by atoms with Crippen molar-refractivity contribution in [2.45, 2.75) is 38.4 Å². The smallest absolute Gasteiger partial charge is 0.314 e. The van der Waals surface area contributed by atoms with Crippen molar-refractivity contribution in [3.8, 4) is 11.5 Å². The third kappa shape index (κ3) is 2.98. The van der Waals surface area contributed by atoms with Gasteiger partial charge in [-0.05, 0) is 37.9 Å². The standard InChI is InChI=1S/C16H23N3O4/c1-11-13-4-3-5-17(13)6-7-18(11)10-12-8-14(19(21)22)16(20)15(9-12)23-2/h8-9,11,13,20H,3-7,10H2,1-2H3/t11-,13+/m0/s1. The molecule has 0 saturated carbocycles. The highest BCUT2D eigenvalue weighted by Gasteiger charge is 2.36. The van der Waals surface area contributed by atoms with Crippen LogP contribution in [0.25, 0.3) is 0 Å². The maximum Gasteiger partial charge on any atom is 0.314 e. The molecule has 126 valence electrons. The first-order chi connectivity index (χ1) is 11.0. The molecule has 0 radical (unpaired) electrons. The SMILES string of the molecule is COc1cc(CN2CCN3CCC[C@@H]3[C@@H]2C)cc([N+](=O)[O-])c1O. The second-order valence-corrected chi connectivity index (χ2v) is 6.38. The van der Waals surface area contributed by atoms with Crippen molar-refractivity contribution in [3.63, 3.8) is 0 Å². The number of rotatable bonds is 4. The number of phenols is 1. The Labute approximate surface area is 135 Å². The summed E-state index contributed by atoms with van der Waals surface area (Å²) in [7, 11) is 1.41. The van der Waals surface area contributed by atoms with E-state index >= 15 is 0 Å². The predicted molar refractivity (Wildman–Crippen MR) is 85.8 cm³/mol. The summed E-state index contributed by atoms with van der Waals surface area (Å²) < 4.78 is 5.08. The molecule has 1 aromatic rings. The first kappa shape index (κ1) is 16.0. The lowest BCUT2D eigenvalue weighted by Crippen LogP contribution is -2.55. The number of piperazine rings is 1. The number of aromatic hydroxyl groups is 1. The summed E-state index contributed by atoms with van der Waals surface area (Å²) in [6.45, 7) is 6.04. The van der Waals surface area contributed by atoms with Crippen molar-refractivity contribution < 1.29 is 14.8 Å². The Kier molecular flexibility index (Phi) is 4.41. The van der Waals surface area contributed by atoms with E-state index in [1.165, 1.54) is 32.6 Å². The Morgan fingerprint density at radius 2 is 2.17 bits per heavy atom. The lowest BCUT2D eigenvalue weighted by molar-refractivity contribution is -0.386. The van der Waals surface area contributed by atoms with Crippen LogP contribution in [-0.4, -0.2) is 58.7 Å². The van der Waals surface area contributed by atoms with Gasteiger partial charge in [-0.1, -0.05) is 0 Å². The van der Waals surface area contributed by atoms with Crippen LogP contribution in [-0.2, 0) is 6.54 Å². The number of nitrogens with zero attached hydrogens (tertiary/aromatic N) is 3. The fourth-order valence-corrected chi connectivity index (χ4v) is 3.87. The van der Waals surface area contributed by atoms with E-state index < -0.39 is 10.7 Å². The summed E-state index contributed by atoms with van der Waals surface area (Å²) in [6, 6.07) is 4.14. The van der Waals surface area contributed by atoms with Gasteiger partial charge in [0.25, 0.3) is 0 Å². The fraction of sp³-hybridized carbons (Fsp3) is 0.625. The van der Waals surface area contributed by atoms with E-state index in [0.29, 0.717) is 18.6 Å². The number of hydrogen-bond donors (Lipinski definition) is 1. The van der Waals surface area contributed by atoms with Gasteiger partial charge >= 0.3 is 5.69 Å². The van der Waals surface area contributed by atoms with Crippen LogP contribution in [0.2, 0.25) is 0 Å². The lowest BCUT2D eigenvalue weighted by atomic mass is 10.0. The molecular weight excluding hydrogens is 298 g/mol. The number of ether oxygens (including phenoxy) is 1. The topological polar surface area (TPSA) is 79.1 Å². The van der Waals surface area contributed by atoms with Gasteiger partial charge in [0.1, 0.15) is 0 Å². The monoisotopic (exact) mass is 321 g/mol. The van der Waals surface area contributed by atoms with E-state index in [1.807, 2.05) is 0 Å². The molecule has 1 aromatic carbocycles. The zero-order valence-corrected chi connectivity index (χ0v) is 13.6. The van der Waals surface area contributed by atoms with Crippen molar-refractivity contribution >= 4 is 5.69 Å². The molecule has 0 bridgehead atoms. The molecule has 0 aliphatic carbocycles. The normalized spacial score (nSPS) is 25.3. The van der Waals surface area contributed by atoms with Crippen molar-refractivity contribution in [2.24, 2.45) is 0 Å². The van der Waals surface area contributed by atoms with E-state index in [0.717, 1.165) is 18.7 Å². The molecule has 0 unspecified atom stereocenters. The predicted octanol–water partition coefficient (Wildman–Crippen LogP) is 1.98. The van der Waals surface area contributed by atoms with Gasteiger partial charge in [0.2, 0.25) is 5.75 Å². The van der Waals surface area contributed by atoms with Gasteiger partial charge in [0, 0.05) is 37.8 Å². The molecule has 2 heterocycles. The molecule has 1 N–H and O–H groups in total. The van der Waals surface area contributed by atoms with Gasteiger partial charge in [0.15, 0.2) is 5.75 Å². The first-order valence-corrected chi connectivity index (χ1v) is 8.03. The van der Waals surface area contributed by atoms with Crippen LogP contribution in [0.15, 0.2) is 12.1 Å². The van der Waals surface area contributed by atoms with Crippen molar-refractivity contribution in [2.75, 3.05) is 26.7 Å². The quantitative estimate of drug-likeness (QED) is 0.675. The minimum atomic E-state index is -0.570. The number of hydrogen-bond acceptors (Lipinski definition) is 6. The highest BCUT2D eigenvalue weighted by Crippen LogP contribution is 2.37. The Morgan fingerprint density at radius 1 is 1.39 bits per heavy atom. The van der Waals surface area contributed by atoms with E-state index in [9.17, 15) is 15.2 Å². The van der Waals surface area contributed by atoms with E-state index in [2.05, 4.69) is 16.7 Å². The molecule has 2 saturated heterocycles. The molecule has 3 rings (SSSR count). The van der Waals surface area contributed by atoms with Crippen LogP contribution in [0.1, 0.15) is 25.3 Å². The summed E-state index contributed by atoms with van der Waals surface area (Å²) in [6.07, 6.45) is 2.47. The average molecular weight is 321 g/mol. The second kappa shape index (κ2) is 6.33. The number of phenolic OH excluding ortho intramolecular Hbond substituents is 1. The lowest BCUT2D eigenvalue weighted by Gasteiger charge is -2.43. The molecular formula is C16H23N3O4. The Bertz CT molecular complexity index is 607. The molecule has 0 aromatic heterocycles. The summed E-state index contributed by atoms with van der Waals surface area (Å²) in [4.78, 5) is 15.5. The van der Waals surface area contributed by atoms with E-state index in [4.69, 9.17) is 4.74 Å². The number of nitro groups is 1. The molecule has 2 fully saturated rings. The Hall–Kier alpha value is -1.86. The summed E-state index contributed by atoms with van der Waals surface area (Å²) in [5.41, 5.74) is 0.496. The van der Waals surface area contributed by atoms with Crippen LogP contribution < -0.4 is 4.74 Å². The van der Waals surface area contributed by atoms with E-state index in [1.54, 1.807) is 6.07 Å². The first-order valence-electron chi connectivity index (χ1n) is 8.03. The van der Waals surface area contributed by atoms with Gasteiger partial charge in [-0.15, -0.1) is 0 Å². The third-order valence-corrected chi connectivity index (χ3v) is 5.14. The molecule has 0 amide bonds. The van der Waals surface area contributed by atoms with Gasteiger partial charge in [-0.3, -0.25) is 19.9 Å².